The van der Waals surface area contributed by atoms with Gasteiger partial charge >= 0.3 is 5.97 Å². The maximum atomic E-state index is 13.3. The molecule has 0 aliphatic rings. The van der Waals surface area contributed by atoms with Crippen molar-refractivity contribution < 1.29 is 29.4 Å². The number of aromatic hydroxyl groups is 1. The molecule has 0 aliphatic heterocycles. The summed E-state index contributed by atoms with van der Waals surface area (Å²) in [6, 6.07) is 11.2. The van der Waals surface area contributed by atoms with Crippen LogP contribution in [0.5, 0.6) is 5.75 Å². The quantitative estimate of drug-likeness (QED) is 0.212. The van der Waals surface area contributed by atoms with Crippen molar-refractivity contribution in [3.63, 3.8) is 0 Å². The normalized spacial score (nSPS) is 14.2. The molecule has 39 heavy (non-hydrogen) atoms. The highest BCUT2D eigenvalue weighted by atomic mass is 16.4. The monoisotopic (exact) mass is 540 g/mol. The third-order valence-corrected chi connectivity index (χ3v) is 6.21. The molecule has 2 aromatic rings. The highest BCUT2D eigenvalue weighted by Gasteiger charge is 2.32. The maximum absolute atomic E-state index is 13.3. The zero-order valence-electron chi connectivity index (χ0n) is 22.9. The number of carbonyl (C=O) groups excluding carboxylic acids is 3. The van der Waals surface area contributed by atoms with Crippen LogP contribution in [-0.2, 0) is 32.0 Å². The number of carboxylic acids is 1. The van der Waals surface area contributed by atoms with Gasteiger partial charge in [-0.05, 0) is 47.9 Å². The van der Waals surface area contributed by atoms with Crippen molar-refractivity contribution in [2.24, 2.45) is 17.6 Å². The van der Waals surface area contributed by atoms with Gasteiger partial charge in [0.25, 0.3) is 0 Å². The largest absolute Gasteiger partial charge is 0.508 e. The van der Waals surface area contributed by atoms with Crippen molar-refractivity contribution in [3.8, 4) is 5.75 Å². The Kier molecular flexibility index (Phi) is 11.9. The highest BCUT2D eigenvalue weighted by molar-refractivity contribution is 5.94. The van der Waals surface area contributed by atoms with Crippen LogP contribution in [0.3, 0.4) is 0 Å². The third-order valence-electron chi connectivity index (χ3n) is 6.21. The minimum Gasteiger partial charge on any atom is -0.508 e. The Morgan fingerprint density at radius 3 is 1.85 bits per heavy atom. The first-order valence-corrected chi connectivity index (χ1v) is 13.1. The van der Waals surface area contributed by atoms with Crippen LogP contribution in [0.2, 0.25) is 0 Å². The van der Waals surface area contributed by atoms with Gasteiger partial charge in [0.05, 0.1) is 6.04 Å². The van der Waals surface area contributed by atoms with Gasteiger partial charge < -0.3 is 31.9 Å². The van der Waals surface area contributed by atoms with Crippen LogP contribution in [0.4, 0.5) is 0 Å². The topological polar surface area (TPSA) is 171 Å². The van der Waals surface area contributed by atoms with Crippen molar-refractivity contribution >= 4 is 23.7 Å². The average Bonchev–Trinajstić information content (AvgIpc) is 2.87. The lowest BCUT2D eigenvalue weighted by Crippen LogP contribution is -2.58. The molecule has 2 aromatic carbocycles. The van der Waals surface area contributed by atoms with E-state index in [4.69, 9.17) is 5.73 Å². The SMILES string of the molecule is CC(C)CC(NC(=O)C(NC(=O)C(N)Cc1ccccc1)C(C)C)C(=O)NC(Cc1ccc(O)cc1)C(=O)O. The molecule has 0 spiro atoms. The molecule has 4 atom stereocenters. The fraction of sp³-hybridized carbons (Fsp3) is 0.448. The molecule has 0 saturated carbocycles. The maximum Gasteiger partial charge on any atom is 0.326 e. The minimum absolute atomic E-state index is 0.00627. The van der Waals surface area contributed by atoms with E-state index in [0.29, 0.717) is 12.0 Å². The summed E-state index contributed by atoms with van der Waals surface area (Å²) < 4.78 is 0. The van der Waals surface area contributed by atoms with Gasteiger partial charge in [-0.1, -0.05) is 70.2 Å². The van der Waals surface area contributed by atoms with Crippen molar-refractivity contribution in [1.82, 2.24) is 16.0 Å². The van der Waals surface area contributed by atoms with Crippen LogP contribution in [0, 0.1) is 11.8 Å². The number of aliphatic carboxylic acids is 1. The number of benzene rings is 2. The molecule has 0 bridgehead atoms. The fourth-order valence-corrected chi connectivity index (χ4v) is 4.06. The van der Waals surface area contributed by atoms with Gasteiger partial charge in [-0.25, -0.2) is 4.79 Å². The lowest BCUT2D eigenvalue weighted by atomic mass is 9.98. The van der Waals surface area contributed by atoms with Crippen LogP contribution in [0.15, 0.2) is 54.6 Å². The zero-order chi connectivity index (χ0) is 29.1. The van der Waals surface area contributed by atoms with Crippen molar-refractivity contribution in [3.05, 3.63) is 65.7 Å². The molecule has 0 fully saturated rings. The first-order valence-electron chi connectivity index (χ1n) is 13.1. The van der Waals surface area contributed by atoms with E-state index in [9.17, 15) is 29.4 Å². The summed E-state index contributed by atoms with van der Waals surface area (Å²) in [6.07, 6.45) is 0.554. The summed E-state index contributed by atoms with van der Waals surface area (Å²) in [5, 5.41) is 27.1. The Morgan fingerprint density at radius 2 is 1.31 bits per heavy atom. The Morgan fingerprint density at radius 1 is 0.744 bits per heavy atom. The standard InChI is InChI=1S/C29H40N4O6/c1-17(2)14-23(27(36)32-24(29(38)39)16-20-10-12-21(34)13-11-20)31-28(37)25(18(3)4)33-26(35)22(30)15-19-8-6-5-7-9-19/h5-13,17-18,22-25,34H,14-16,30H2,1-4H3,(H,31,37)(H,32,36)(H,33,35)(H,38,39). The number of hydrogen-bond donors (Lipinski definition) is 6. The number of carbonyl (C=O) groups is 4. The smallest absolute Gasteiger partial charge is 0.326 e. The summed E-state index contributed by atoms with van der Waals surface area (Å²) in [6.45, 7) is 7.29. The number of nitrogens with two attached hydrogens (primary N) is 1. The number of carboxylic acid groups (broad SMARTS) is 1. The van der Waals surface area contributed by atoms with E-state index < -0.39 is 47.9 Å². The van der Waals surface area contributed by atoms with Gasteiger partial charge in [-0.15, -0.1) is 0 Å². The van der Waals surface area contributed by atoms with E-state index in [2.05, 4.69) is 16.0 Å². The Bertz CT molecular complexity index is 1100. The number of hydrogen-bond acceptors (Lipinski definition) is 6. The molecule has 0 saturated heterocycles. The van der Waals surface area contributed by atoms with Gasteiger partial charge in [-0.2, -0.15) is 0 Å². The van der Waals surface area contributed by atoms with E-state index in [1.54, 1.807) is 26.0 Å². The molecule has 0 heterocycles. The summed E-state index contributed by atoms with van der Waals surface area (Å²) in [7, 11) is 0. The van der Waals surface area contributed by atoms with Crippen molar-refractivity contribution in [2.75, 3.05) is 0 Å². The number of phenols is 1. The van der Waals surface area contributed by atoms with E-state index in [1.807, 2.05) is 44.2 Å². The van der Waals surface area contributed by atoms with E-state index in [0.717, 1.165) is 5.56 Å². The summed E-state index contributed by atoms with van der Waals surface area (Å²) in [5.41, 5.74) is 7.59. The Balaban J connectivity index is 2.10. The predicted octanol–water partition coefficient (Wildman–Crippen LogP) is 1.75. The zero-order valence-corrected chi connectivity index (χ0v) is 22.9. The molecular weight excluding hydrogens is 500 g/mol. The highest BCUT2D eigenvalue weighted by Crippen LogP contribution is 2.13. The molecule has 4 unspecified atom stereocenters. The molecule has 2 rings (SSSR count). The molecular formula is C29H40N4O6. The predicted molar refractivity (Wildman–Crippen MR) is 148 cm³/mol. The fourth-order valence-electron chi connectivity index (χ4n) is 4.06. The average molecular weight is 541 g/mol. The molecule has 10 nitrogen and oxygen atoms in total. The molecule has 10 heteroatoms. The summed E-state index contributed by atoms with van der Waals surface area (Å²) in [5.74, 6) is -3.17. The third kappa shape index (κ3) is 10.4. The second-order valence-corrected chi connectivity index (χ2v) is 10.5. The van der Waals surface area contributed by atoms with Crippen LogP contribution in [0.25, 0.3) is 0 Å². The number of rotatable bonds is 14. The lowest BCUT2D eigenvalue weighted by molar-refractivity contribution is -0.142. The van der Waals surface area contributed by atoms with E-state index in [-0.39, 0.29) is 30.4 Å². The van der Waals surface area contributed by atoms with Crippen LogP contribution in [0.1, 0.15) is 45.2 Å². The molecule has 3 amide bonds. The van der Waals surface area contributed by atoms with E-state index in [1.165, 1.54) is 12.1 Å². The van der Waals surface area contributed by atoms with Gasteiger partial charge in [0.1, 0.15) is 23.9 Å². The van der Waals surface area contributed by atoms with Gasteiger partial charge in [0.2, 0.25) is 17.7 Å². The van der Waals surface area contributed by atoms with Gasteiger partial charge in [0, 0.05) is 6.42 Å². The first kappa shape index (κ1) is 31.3. The molecule has 0 aliphatic carbocycles. The number of phenolic OH excluding ortho intramolecular Hbond substituents is 1. The lowest BCUT2D eigenvalue weighted by Gasteiger charge is -2.27. The van der Waals surface area contributed by atoms with Crippen molar-refractivity contribution in [2.45, 2.75) is 71.1 Å². The van der Waals surface area contributed by atoms with Crippen LogP contribution >= 0.6 is 0 Å². The number of amides is 3. The van der Waals surface area contributed by atoms with Crippen LogP contribution < -0.4 is 21.7 Å². The number of nitrogens with one attached hydrogen (secondary N) is 3. The second kappa shape index (κ2) is 14.9. The minimum atomic E-state index is -1.25. The van der Waals surface area contributed by atoms with Crippen molar-refractivity contribution in [1.29, 1.82) is 0 Å². The molecule has 0 radical (unpaired) electrons. The second-order valence-electron chi connectivity index (χ2n) is 10.5. The Hall–Kier alpha value is -3.92. The van der Waals surface area contributed by atoms with Crippen LogP contribution in [-0.4, -0.2) is 58.1 Å². The molecule has 0 aromatic heterocycles. The molecule has 212 valence electrons. The Labute approximate surface area is 229 Å². The summed E-state index contributed by atoms with van der Waals surface area (Å²) >= 11 is 0. The van der Waals surface area contributed by atoms with E-state index >= 15 is 0 Å². The first-order chi connectivity index (χ1) is 18.4. The van der Waals surface area contributed by atoms with Gasteiger partial charge in [0.15, 0.2) is 0 Å². The summed E-state index contributed by atoms with van der Waals surface area (Å²) in [4.78, 5) is 51.1. The van der Waals surface area contributed by atoms with Gasteiger partial charge in [-0.3, -0.25) is 14.4 Å². The molecule has 7 N–H and O–H groups in total.